The van der Waals surface area contributed by atoms with E-state index >= 15 is 0 Å². The van der Waals surface area contributed by atoms with Crippen molar-refractivity contribution in [3.05, 3.63) is 8.72 Å². The van der Waals surface area contributed by atoms with Gasteiger partial charge in [0.25, 0.3) is 9.05 Å². The molecule has 62 valence electrons. The first-order valence-corrected chi connectivity index (χ1v) is 6.37. The molecule has 0 N–H and O–H groups in total. The largest absolute Gasteiger partial charge is 0.286 e. The predicted octanol–water partition coefficient (Wildman–Crippen LogP) is 1.78. The van der Waals surface area contributed by atoms with Crippen molar-refractivity contribution in [3.8, 4) is 0 Å². The molecule has 0 saturated carbocycles. The van der Waals surface area contributed by atoms with Crippen LogP contribution < -0.4 is 0 Å². The Hall–Kier alpha value is 0.480. The van der Waals surface area contributed by atoms with E-state index in [-0.39, 0.29) is 15.8 Å². The third-order valence-electron chi connectivity index (χ3n) is 0.949. The molecule has 7 heteroatoms. The highest BCUT2D eigenvalue weighted by Crippen LogP contribution is 2.40. The van der Waals surface area contributed by atoms with Gasteiger partial charge in [-0.3, -0.25) is 4.79 Å². The van der Waals surface area contributed by atoms with Crippen molar-refractivity contribution in [2.75, 3.05) is 0 Å². The first-order valence-electron chi connectivity index (χ1n) is 2.45. The standard InChI is InChI=1S/C4H2BrClO3S2/c5-2-1-3(7)10-4(2)11(6,8)9/h1H2. The van der Waals surface area contributed by atoms with Gasteiger partial charge in [-0.05, 0) is 11.8 Å². The Morgan fingerprint density at radius 3 is 2.27 bits per heavy atom. The fourth-order valence-corrected chi connectivity index (χ4v) is 4.36. The van der Waals surface area contributed by atoms with E-state index in [0.717, 1.165) is 0 Å². The third kappa shape index (κ3) is 2.21. The van der Waals surface area contributed by atoms with Crippen LogP contribution in [0.2, 0.25) is 0 Å². The predicted molar refractivity (Wildman–Crippen MR) is 47.9 cm³/mol. The lowest BCUT2D eigenvalue weighted by molar-refractivity contribution is -0.110. The van der Waals surface area contributed by atoms with Gasteiger partial charge < -0.3 is 0 Å². The highest BCUT2D eigenvalue weighted by molar-refractivity contribution is 9.12. The van der Waals surface area contributed by atoms with Crippen LogP contribution in [0.5, 0.6) is 0 Å². The zero-order valence-electron chi connectivity index (χ0n) is 5.00. The van der Waals surface area contributed by atoms with E-state index in [2.05, 4.69) is 15.9 Å². The van der Waals surface area contributed by atoms with Gasteiger partial charge in [0.15, 0.2) is 5.12 Å². The number of carbonyl (C=O) groups is 1. The minimum Gasteiger partial charge on any atom is -0.286 e. The quantitative estimate of drug-likeness (QED) is 0.686. The molecular formula is C4H2BrClO3S2. The summed E-state index contributed by atoms with van der Waals surface area (Å²) in [6, 6.07) is 0. The van der Waals surface area contributed by atoms with Crippen LogP contribution in [0.25, 0.3) is 0 Å². The van der Waals surface area contributed by atoms with Crippen molar-refractivity contribution < 1.29 is 13.2 Å². The number of carbonyl (C=O) groups excluding carboxylic acids is 1. The van der Waals surface area contributed by atoms with E-state index in [1.54, 1.807) is 0 Å². The van der Waals surface area contributed by atoms with Crippen molar-refractivity contribution in [1.82, 2.24) is 0 Å². The van der Waals surface area contributed by atoms with Gasteiger partial charge in [-0.1, -0.05) is 15.9 Å². The van der Waals surface area contributed by atoms with Crippen molar-refractivity contribution >= 4 is 52.5 Å². The van der Waals surface area contributed by atoms with E-state index in [1.807, 2.05) is 0 Å². The molecule has 1 aliphatic heterocycles. The van der Waals surface area contributed by atoms with Crippen LogP contribution >= 0.6 is 38.4 Å². The van der Waals surface area contributed by atoms with Gasteiger partial charge >= 0.3 is 0 Å². The summed E-state index contributed by atoms with van der Waals surface area (Å²) >= 11 is 3.61. The zero-order valence-corrected chi connectivity index (χ0v) is 8.98. The summed E-state index contributed by atoms with van der Waals surface area (Å²) in [4.78, 5) is 10.7. The molecule has 0 radical (unpaired) electrons. The maximum absolute atomic E-state index is 10.7. The van der Waals surface area contributed by atoms with Crippen molar-refractivity contribution in [2.45, 2.75) is 6.42 Å². The van der Waals surface area contributed by atoms with Crippen molar-refractivity contribution in [2.24, 2.45) is 0 Å². The molecule has 0 unspecified atom stereocenters. The Morgan fingerprint density at radius 1 is 1.55 bits per heavy atom. The van der Waals surface area contributed by atoms with E-state index in [4.69, 9.17) is 10.7 Å². The summed E-state index contributed by atoms with van der Waals surface area (Å²) in [6.07, 6.45) is 0.103. The molecule has 0 saturated heterocycles. The number of hydrogen-bond donors (Lipinski definition) is 0. The minimum absolute atomic E-state index is 0.0795. The lowest BCUT2D eigenvalue weighted by atomic mass is 10.5. The van der Waals surface area contributed by atoms with Crippen LogP contribution in [0.1, 0.15) is 6.42 Å². The minimum atomic E-state index is -3.74. The monoisotopic (exact) mass is 276 g/mol. The van der Waals surface area contributed by atoms with Crippen molar-refractivity contribution in [1.29, 1.82) is 0 Å². The number of rotatable bonds is 1. The first-order chi connectivity index (χ1) is 4.91. The Labute approximate surface area is 80.7 Å². The second kappa shape index (κ2) is 3.08. The summed E-state index contributed by atoms with van der Waals surface area (Å²) < 4.78 is 21.7. The number of halogens is 2. The second-order valence-electron chi connectivity index (χ2n) is 1.78. The van der Waals surface area contributed by atoms with Gasteiger partial charge in [-0.25, -0.2) is 8.42 Å². The molecule has 0 spiro atoms. The molecule has 0 amide bonds. The van der Waals surface area contributed by atoms with E-state index in [1.165, 1.54) is 0 Å². The summed E-state index contributed by atoms with van der Waals surface area (Å²) in [5.74, 6) is 0. The normalized spacial score (nSPS) is 19.6. The first kappa shape index (κ1) is 9.57. The molecule has 11 heavy (non-hydrogen) atoms. The van der Waals surface area contributed by atoms with E-state index < -0.39 is 9.05 Å². The maximum atomic E-state index is 10.7. The van der Waals surface area contributed by atoms with E-state index in [0.29, 0.717) is 16.2 Å². The number of allylic oxidation sites excluding steroid dienone is 1. The number of thioether (sulfide) groups is 1. The zero-order chi connectivity index (χ0) is 8.65. The summed E-state index contributed by atoms with van der Waals surface area (Å²) in [5.41, 5.74) is 0. The molecule has 1 heterocycles. The molecule has 0 aromatic heterocycles. The maximum Gasteiger partial charge on any atom is 0.268 e. The summed E-state index contributed by atoms with van der Waals surface area (Å²) in [6.45, 7) is 0. The van der Waals surface area contributed by atoms with Crippen LogP contribution in [-0.2, 0) is 13.8 Å². The lowest BCUT2D eigenvalue weighted by Gasteiger charge is -1.91. The Balaban J connectivity index is 3.08. The average Bonchev–Trinajstić information content (AvgIpc) is 2.08. The molecule has 3 nitrogen and oxygen atoms in total. The Morgan fingerprint density at radius 2 is 2.09 bits per heavy atom. The SMILES string of the molecule is O=C1CC(Br)=C(S(=O)(=O)Cl)S1. The highest BCUT2D eigenvalue weighted by Gasteiger charge is 2.29. The smallest absolute Gasteiger partial charge is 0.268 e. The van der Waals surface area contributed by atoms with Crippen molar-refractivity contribution in [3.63, 3.8) is 0 Å². The van der Waals surface area contributed by atoms with Gasteiger partial charge in [0.1, 0.15) is 4.24 Å². The van der Waals surface area contributed by atoms with Crippen LogP contribution in [0.4, 0.5) is 0 Å². The molecule has 0 aliphatic carbocycles. The average molecular weight is 278 g/mol. The molecular weight excluding hydrogens is 276 g/mol. The molecule has 1 aliphatic rings. The fraction of sp³-hybridized carbons (Fsp3) is 0.250. The van der Waals surface area contributed by atoms with Crippen LogP contribution in [0, 0.1) is 0 Å². The lowest BCUT2D eigenvalue weighted by Crippen LogP contribution is -1.88. The Kier molecular flexibility index (Phi) is 2.68. The fourth-order valence-electron chi connectivity index (χ4n) is 0.576. The number of hydrogen-bond acceptors (Lipinski definition) is 4. The van der Waals surface area contributed by atoms with Gasteiger partial charge in [-0.2, -0.15) is 0 Å². The van der Waals surface area contributed by atoms with E-state index in [9.17, 15) is 13.2 Å². The van der Waals surface area contributed by atoms with Gasteiger partial charge in [0, 0.05) is 15.2 Å². The topological polar surface area (TPSA) is 51.2 Å². The van der Waals surface area contributed by atoms with Gasteiger partial charge in [-0.15, -0.1) is 0 Å². The van der Waals surface area contributed by atoms with Gasteiger partial charge in [0.05, 0.1) is 6.42 Å². The summed E-state index contributed by atoms with van der Waals surface area (Å²) in [7, 11) is 1.27. The molecule has 0 fully saturated rings. The summed E-state index contributed by atoms with van der Waals surface area (Å²) in [5, 5.41) is -0.212. The van der Waals surface area contributed by atoms with Crippen LogP contribution in [-0.4, -0.2) is 13.5 Å². The molecule has 0 bridgehead atoms. The molecule has 0 atom stereocenters. The molecule has 1 rings (SSSR count). The molecule has 0 aromatic rings. The van der Waals surface area contributed by atoms with Crippen LogP contribution in [0.3, 0.4) is 0 Å². The second-order valence-corrected chi connectivity index (χ2v) is 6.57. The Bertz CT molecular complexity index is 331. The van der Waals surface area contributed by atoms with Gasteiger partial charge in [0.2, 0.25) is 0 Å². The van der Waals surface area contributed by atoms with Crippen LogP contribution in [0.15, 0.2) is 8.72 Å². The highest BCUT2D eigenvalue weighted by atomic mass is 79.9. The third-order valence-corrected chi connectivity index (χ3v) is 5.29. The molecule has 0 aromatic carbocycles.